The van der Waals surface area contributed by atoms with Gasteiger partial charge in [0.25, 0.3) is 0 Å². The minimum absolute atomic E-state index is 0.0336. The first-order valence-electron chi connectivity index (χ1n) is 4.50. The number of carbonyl (C=O) groups excluding carboxylic acids is 1. The highest BCUT2D eigenvalue weighted by Gasteiger charge is 2.09. The number of aliphatic hydroxyl groups is 1. The molecule has 0 saturated heterocycles. The minimum atomic E-state index is -0.161. The zero-order valence-corrected chi connectivity index (χ0v) is 8.55. The zero-order valence-electron chi connectivity index (χ0n) is 8.55. The largest absolute Gasteiger partial charge is 0.395 e. The van der Waals surface area contributed by atoms with E-state index in [2.05, 4.69) is 10.0 Å². The third-order valence-electron chi connectivity index (χ3n) is 1.89. The lowest BCUT2D eigenvalue weighted by atomic mass is 10.2. The molecule has 0 aliphatic heterocycles. The van der Waals surface area contributed by atoms with Crippen molar-refractivity contribution < 1.29 is 9.90 Å². The van der Waals surface area contributed by atoms with E-state index in [4.69, 9.17) is 10.6 Å². The second-order valence-corrected chi connectivity index (χ2v) is 3.13. The van der Waals surface area contributed by atoms with Gasteiger partial charge in [-0.15, -0.1) is 0 Å². The van der Waals surface area contributed by atoms with Crippen molar-refractivity contribution in [3.05, 3.63) is 10.4 Å². The van der Waals surface area contributed by atoms with E-state index in [9.17, 15) is 4.79 Å². The van der Waals surface area contributed by atoms with Gasteiger partial charge in [-0.1, -0.05) is 12.0 Å². The summed E-state index contributed by atoms with van der Waals surface area (Å²) in [7, 11) is 1.64. The Kier molecular flexibility index (Phi) is 6.53. The molecule has 0 aromatic rings. The quantitative estimate of drug-likeness (QED) is 0.392. The molecule has 0 aromatic heterocycles. The number of azide groups is 1. The average Bonchev–Trinajstić information content (AvgIpc) is 2.15. The number of carbonyl (C=O) groups is 1. The van der Waals surface area contributed by atoms with E-state index in [0.29, 0.717) is 19.4 Å². The first-order valence-corrected chi connectivity index (χ1v) is 4.50. The molecule has 14 heavy (non-hydrogen) atoms. The smallest absolute Gasteiger partial charge is 0.222 e. The Morgan fingerprint density at radius 2 is 2.36 bits per heavy atom. The Bertz CT molecular complexity index is 225. The van der Waals surface area contributed by atoms with Crippen molar-refractivity contribution in [1.29, 1.82) is 0 Å². The fourth-order valence-electron chi connectivity index (χ4n) is 0.944. The van der Waals surface area contributed by atoms with Crippen LogP contribution in [0.1, 0.15) is 19.8 Å². The molecular formula is C8H16N4O2. The SMILES string of the molecule is CC(CCC(=O)N(C)CCO)N=[N+]=[N-]. The molecule has 0 aromatic carbocycles. The Morgan fingerprint density at radius 3 is 2.86 bits per heavy atom. The fourth-order valence-corrected chi connectivity index (χ4v) is 0.944. The van der Waals surface area contributed by atoms with E-state index in [1.807, 2.05) is 0 Å². The molecule has 0 rings (SSSR count). The summed E-state index contributed by atoms with van der Waals surface area (Å²) in [5, 5.41) is 12.0. The number of aliphatic hydroxyl groups excluding tert-OH is 1. The van der Waals surface area contributed by atoms with Crippen LogP contribution in [0.2, 0.25) is 0 Å². The van der Waals surface area contributed by atoms with Crippen LogP contribution in [0.3, 0.4) is 0 Å². The summed E-state index contributed by atoms with van der Waals surface area (Å²) in [6, 6.07) is -0.161. The van der Waals surface area contributed by atoms with Crippen LogP contribution >= 0.6 is 0 Å². The highest BCUT2D eigenvalue weighted by molar-refractivity contribution is 5.75. The summed E-state index contributed by atoms with van der Waals surface area (Å²) in [5.74, 6) is -0.0426. The van der Waals surface area contributed by atoms with Gasteiger partial charge in [0, 0.05) is 31.0 Å². The van der Waals surface area contributed by atoms with Crippen LogP contribution in [0.5, 0.6) is 0 Å². The number of hydrogen-bond donors (Lipinski definition) is 1. The number of likely N-dealkylation sites (N-methyl/N-ethyl adjacent to an activating group) is 1. The van der Waals surface area contributed by atoms with Crippen molar-refractivity contribution in [2.75, 3.05) is 20.2 Å². The molecule has 0 saturated carbocycles. The van der Waals surface area contributed by atoms with Crippen LogP contribution < -0.4 is 0 Å². The minimum Gasteiger partial charge on any atom is -0.395 e. The average molecular weight is 200 g/mol. The van der Waals surface area contributed by atoms with Gasteiger partial charge in [0.05, 0.1) is 6.61 Å². The van der Waals surface area contributed by atoms with Crippen LogP contribution in [0.4, 0.5) is 0 Å². The maximum absolute atomic E-state index is 11.3. The predicted octanol–water partition coefficient (Wildman–Crippen LogP) is 0.916. The van der Waals surface area contributed by atoms with Gasteiger partial charge in [0.1, 0.15) is 0 Å². The van der Waals surface area contributed by atoms with Crippen molar-refractivity contribution >= 4 is 5.91 Å². The van der Waals surface area contributed by atoms with Crippen molar-refractivity contribution in [3.63, 3.8) is 0 Å². The highest BCUT2D eigenvalue weighted by Crippen LogP contribution is 2.03. The van der Waals surface area contributed by atoms with Crippen LogP contribution in [-0.4, -0.2) is 42.2 Å². The van der Waals surface area contributed by atoms with Gasteiger partial charge in [0.15, 0.2) is 0 Å². The van der Waals surface area contributed by atoms with Gasteiger partial charge in [-0.2, -0.15) is 0 Å². The number of nitrogens with zero attached hydrogens (tertiary/aromatic N) is 4. The summed E-state index contributed by atoms with van der Waals surface area (Å²) >= 11 is 0. The first-order chi connectivity index (χ1) is 6.61. The Balaban J connectivity index is 3.78. The molecule has 1 unspecified atom stereocenters. The summed E-state index contributed by atoms with van der Waals surface area (Å²) in [6.45, 7) is 2.07. The molecule has 1 N–H and O–H groups in total. The van der Waals surface area contributed by atoms with Crippen molar-refractivity contribution in [2.45, 2.75) is 25.8 Å². The third-order valence-corrected chi connectivity index (χ3v) is 1.89. The lowest BCUT2D eigenvalue weighted by Crippen LogP contribution is -2.29. The summed E-state index contributed by atoms with van der Waals surface area (Å²) in [5.41, 5.74) is 8.13. The molecule has 0 heterocycles. The molecule has 0 bridgehead atoms. The summed E-state index contributed by atoms with van der Waals surface area (Å²) in [6.07, 6.45) is 0.884. The number of hydrogen-bond acceptors (Lipinski definition) is 3. The van der Waals surface area contributed by atoms with Gasteiger partial charge in [-0.05, 0) is 12.0 Å². The molecule has 0 radical (unpaired) electrons. The van der Waals surface area contributed by atoms with Crippen LogP contribution in [0.25, 0.3) is 10.4 Å². The molecule has 6 nitrogen and oxygen atoms in total. The molecular weight excluding hydrogens is 184 g/mol. The number of amides is 1. The maximum Gasteiger partial charge on any atom is 0.222 e. The second-order valence-electron chi connectivity index (χ2n) is 3.13. The standard InChI is InChI=1S/C8H16N4O2/c1-7(10-11-9)3-4-8(14)12(2)5-6-13/h7,13H,3-6H2,1-2H3. The van der Waals surface area contributed by atoms with E-state index < -0.39 is 0 Å². The summed E-state index contributed by atoms with van der Waals surface area (Å²) in [4.78, 5) is 15.4. The van der Waals surface area contributed by atoms with E-state index in [0.717, 1.165) is 0 Å². The van der Waals surface area contributed by atoms with Gasteiger partial charge in [-0.3, -0.25) is 4.79 Å². The van der Waals surface area contributed by atoms with Crippen molar-refractivity contribution in [2.24, 2.45) is 5.11 Å². The monoisotopic (exact) mass is 200 g/mol. The molecule has 6 heteroatoms. The fraction of sp³-hybridized carbons (Fsp3) is 0.875. The third kappa shape index (κ3) is 5.40. The van der Waals surface area contributed by atoms with Crippen LogP contribution in [0.15, 0.2) is 5.11 Å². The normalized spacial score (nSPS) is 11.6. The molecule has 1 atom stereocenters. The van der Waals surface area contributed by atoms with E-state index in [-0.39, 0.29) is 18.6 Å². The Labute approximate surface area is 83.1 Å². The molecule has 1 amide bonds. The highest BCUT2D eigenvalue weighted by atomic mass is 16.3. The van der Waals surface area contributed by atoms with E-state index in [1.54, 1.807) is 14.0 Å². The molecule has 0 aliphatic rings. The van der Waals surface area contributed by atoms with Crippen LogP contribution in [-0.2, 0) is 4.79 Å². The van der Waals surface area contributed by atoms with Crippen molar-refractivity contribution in [3.8, 4) is 0 Å². The van der Waals surface area contributed by atoms with Gasteiger partial charge < -0.3 is 10.0 Å². The molecule has 0 spiro atoms. The summed E-state index contributed by atoms with van der Waals surface area (Å²) < 4.78 is 0. The van der Waals surface area contributed by atoms with Gasteiger partial charge >= 0.3 is 0 Å². The number of rotatable bonds is 6. The Hall–Kier alpha value is -1.26. The lowest BCUT2D eigenvalue weighted by Gasteiger charge is -2.15. The first kappa shape index (κ1) is 12.7. The molecule has 0 fully saturated rings. The topological polar surface area (TPSA) is 89.3 Å². The molecule has 0 aliphatic carbocycles. The lowest BCUT2D eigenvalue weighted by molar-refractivity contribution is -0.130. The van der Waals surface area contributed by atoms with E-state index >= 15 is 0 Å². The zero-order chi connectivity index (χ0) is 11.0. The maximum atomic E-state index is 11.3. The van der Waals surface area contributed by atoms with Gasteiger partial charge in [0.2, 0.25) is 5.91 Å². The van der Waals surface area contributed by atoms with Gasteiger partial charge in [-0.25, -0.2) is 0 Å². The van der Waals surface area contributed by atoms with E-state index in [1.165, 1.54) is 4.90 Å². The second kappa shape index (κ2) is 7.17. The molecule has 80 valence electrons. The Morgan fingerprint density at radius 1 is 1.71 bits per heavy atom. The predicted molar refractivity (Wildman–Crippen MR) is 52.6 cm³/mol. The van der Waals surface area contributed by atoms with Crippen LogP contribution in [0, 0.1) is 0 Å². The van der Waals surface area contributed by atoms with Crippen molar-refractivity contribution in [1.82, 2.24) is 4.90 Å².